The lowest BCUT2D eigenvalue weighted by atomic mass is 9.88. The van der Waals surface area contributed by atoms with Crippen molar-refractivity contribution in [2.45, 2.75) is 49.6 Å². The molecule has 6 atom stereocenters. The summed E-state index contributed by atoms with van der Waals surface area (Å²) in [6.45, 7) is 0.230. The van der Waals surface area contributed by atoms with Crippen LogP contribution in [0.3, 0.4) is 0 Å². The van der Waals surface area contributed by atoms with E-state index in [4.69, 9.17) is 15.1 Å². The van der Waals surface area contributed by atoms with Gasteiger partial charge in [0.1, 0.15) is 18.3 Å². The molecule has 0 aliphatic carbocycles. The number of rotatable bonds is 5. The molecule has 0 aromatic heterocycles. The van der Waals surface area contributed by atoms with Crippen LogP contribution < -0.4 is 5.32 Å². The molecular formula is C11H19NO10. The van der Waals surface area contributed by atoms with Gasteiger partial charge in [0.15, 0.2) is 0 Å². The molecule has 0 saturated carbocycles. The molecule has 1 saturated heterocycles. The Kier molecular flexibility index (Phi) is 6.19. The van der Waals surface area contributed by atoms with E-state index in [-0.39, 0.29) is 0 Å². The van der Waals surface area contributed by atoms with Gasteiger partial charge in [-0.25, -0.2) is 4.79 Å². The molecule has 22 heavy (non-hydrogen) atoms. The summed E-state index contributed by atoms with van der Waals surface area (Å²) in [5, 5.41) is 58.7. The highest BCUT2D eigenvalue weighted by molar-refractivity contribution is 5.77. The standard InChI is InChI=1S/C11H19NO10/c1-4(14)12-7-5(15)2-11(19,10(18)22-20)21-9(7)8(17)6(16)3-13/h5-9,13,15-17,19-20H,2-3H2,1H3,(H,12,14)/t5-,6+,7+,8+,9+,11+/m0/s1. The van der Waals surface area contributed by atoms with Gasteiger partial charge in [0.05, 0.1) is 18.8 Å². The van der Waals surface area contributed by atoms with Crippen LogP contribution >= 0.6 is 0 Å². The number of nitrogens with one attached hydrogen (secondary N) is 1. The maximum atomic E-state index is 11.3. The van der Waals surface area contributed by atoms with Gasteiger partial charge in [-0.15, -0.1) is 0 Å². The Hall–Kier alpha value is -1.34. The summed E-state index contributed by atoms with van der Waals surface area (Å²) in [4.78, 5) is 25.8. The fourth-order valence-electron chi connectivity index (χ4n) is 2.20. The Bertz CT molecular complexity index is 418. The van der Waals surface area contributed by atoms with Gasteiger partial charge in [0.2, 0.25) is 5.91 Å². The first-order valence-corrected chi connectivity index (χ1v) is 6.34. The molecule has 11 nitrogen and oxygen atoms in total. The number of hydrogen-bond donors (Lipinski definition) is 7. The van der Waals surface area contributed by atoms with Crippen molar-refractivity contribution >= 4 is 11.9 Å². The molecular weight excluding hydrogens is 306 g/mol. The van der Waals surface area contributed by atoms with E-state index in [0.717, 1.165) is 6.92 Å². The van der Waals surface area contributed by atoms with Crippen LogP contribution in [0.5, 0.6) is 0 Å². The second kappa shape index (κ2) is 7.28. The topological polar surface area (TPSA) is 186 Å². The van der Waals surface area contributed by atoms with Gasteiger partial charge in [-0.1, -0.05) is 0 Å². The Labute approximate surface area is 124 Å². The average Bonchev–Trinajstić information content (AvgIpc) is 2.46. The first kappa shape index (κ1) is 18.7. The fourth-order valence-corrected chi connectivity index (χ4v) is 2.20. The zero-order valence-electron chi connectivity index (χ0n) is 11.6. The number of amides is 1. The minimum Gasteiger partial charge on any atom is -0.394 e. The quantitative estimate of drug-likeness (QED) is 0.194. The molecule has 0 aromatic rings. The van der Waals surface area contributed by atoms with E-state index < -0.39 is 61.1 Å². The molecule has 0 spiro atoms. The Balaban J connectivity index is 3.09. The number of aliphatic hydroxyl groups excluding tert-OH is 4. The van der Waals surface area contributed by atoms with Gasteiger partial charge in [0.25, 0.3) is 5.79 Å². The fraction of sp³-hybridized carbons (Fsp3) is 0.818. The van der Waals surface area contributed by atoms with Crippen LogP contribution in [0.2, 0.25) is 0 Å². The van der Waals surface area contributed by atoms with Gasteiger partial charge >= 0.3 is 5.97 Å². The molecule has 1 aliphatic heterocycles. The first-order valence-electron chi connectivity index (χ1n) is 6.34. The number of aliphatic hydroxyl groups is 5. The molecule has 0 aromatic carbocycles. The van der Waals surface area contributed by atoms with Crippen LogP contribution in [-0.2, 0) is 19.2 Å². The van der Waals surface area contributed by atoms with Crippen LogP contribution in [0.1, 0.15) is 13.3 Å². The van der Waals surface area contributed by atoms with E-state index in [0.29, 0.717) is 0 Å². The van der Waals surface area contributed by atoms with Gasteiger partial charge in [-0.2, -0.15) is 5.26 Å². The van der Waals surface area contributed by atoms with Crippen molar-refractivity contribution in [1.82, 2.24) is 5.32 Å². The van der Waals surface area contributed by atoms with Crippen molar-refractivity contribution in [2.24, 2.45) is 0 Å². The zero-order chi connectivity index (χ0) is 17.1. The Morgan fingerprint density at radius 3 is 2.50 bits per heavy atom. The average molecular weight is 325 g/mol. The van der Waals surface area contributed by atoms with Crippen molar-refractivity contribution in [3.8, 4) is 0 Å². The third kappa shape index (κ3) is 3.89. The van der Waals surface area contributed by atoms with E-state index in [1.165, 1.54) is 0 Å². The monoisotopic (exact) mass is 325 g/mol. The summed E-state index contributed by atoms with van der Waals surface area (Å²) in [6, 6.07) is -1.29. The molecule has 7 N–H and O–H groups in total. The van der Waals surface area contributed by atoms with Crippen molar-refractivity contribution in [3.63, 3.8) is 0 Å². The lowest BCUT2D eigenvalue weighted by Crippen LogP contribution is -2.67. The molecule has 1 fully saturated rings. The maximum Gasteiger partial charge on any atom is 0.400 e. The highest BCUT2D eigenvalue weighted by atomic mass is 17.1. The summed E-state index contributed by atoms with van der Waals surface area (Å²) in [5.41, 5.74) is 0. The van der Waals surface area contributed by atoms with E-state index in [2.05, 4.69) is 10.2 Å². The molecule has 1 rings (SSSR count). The molecule has 1 amide bonds. The summed E-state index contributed by atoms with van der Waals surface area (Å²) in [6.07, 6.45) is -7.61. The number of carbonyl (C=O) groups excluding carboxylic acids is 2. The lowest BCUT2D eigenvalue weighted by Gasteiger charge is -2.44. The molecule has 0 unspecified atom stereocenters. The lowest BCUT2D eigenvalue weighted by molar-refractivity contribution is -0.324. The Morgan fingerprint density at radius 1 is 1.45 bits per heavy atom. The summed E-state index contributed by atoms with van der Waals surface area (Å²) in [5.74, 6) is -5.06. The van der Waals surface area contributed by atoms with E-state index in [1.807, 2.05) is 0 Å². The smallest absolute Gasteiger partial charge is 0.394 e. The maximum absolute atomic E-state index is 11.3. The second-order valence-electron chi connectivity index (χ2n) is 4.98. The van der Waals surface area contributed by atoms with Crippen LogP contribution in [0.25, 0.3) is 0 Å². The normalized spacial score (nSPS) is 34.6. The van der Waals surface area contributed by atoms with Crippen molar-refractivity contribution in [3.05, 3.63) is 0 Å². The largest absolute Gasteiger partial charge is 0.400 e. The molecule has 128 valence electrons. The van der Waals surface area contributed by atoms with E-state index >= 15 is 0 Å². The SMILES string of the molecule is CC(=O)N[C@H]1[C@H]([C@H](O)[C@H](O)CO)O[C@@](O)(C(=O)OO)C[C@@H]1O. The van der Waals surface area contributed by atoms with Gasteiger partial charge in [-0.3, -0.25) is 9.68 Å². The molecule has 1 aliphatic rings. The summed E-state index contributed by atoms with van der Waals surface area (Å²) >= 11 is 0. The van der Waals surface area contributed by atoms with E-state index in [9.17, 15) is 30.0 Å². The summed E-state index contributed by atoms with van der Waals surface area (Å²) < 4.78 is 4.92. The molecule has 11 heteroatoms. The highest BCUT2D eigenvalue weighted by Gasteiger charge is 2.54. The van der Waals surface area contributed by atoms with Gasteiger partial charge in [0, 0.05) is 13.3 Å². The third-order valence-electron chi connectivity index (χ3n) is 3.28. The predicted octanol–water partition coefficient (Wildman–Crippen LogP) is -3.94. The zero-order valence-corrected chi connectivity index (χ0v) is 11.6. The minimum absolute atomic E-state index is 0.612. The first-order chi connectivity index (χ1) is 10.2. The predicted molar refractivity (Wildman–Crippen MR) is 65.9 cm³/mol. The molecule has 0 radical (unpaired) electrons. The Morgan fingerprint density at radius 2 is 2.05 bits per heavy atom. The second-order valence-corrected chi connectivity index (χ2v) is 4.98. The van der Waals surface area contributed by atoms with Crippen LogP contribution in [0.15, 0.2) is 0 Å². The minimum atomic E-state index is -2.80. The van der Waals surface area contributed by atoms with Crippen LogP contribution in [0, 0.1) is 0 Å². The molecule has 0 bridgehead atoms. The van der Waals surface area contributed by atoms with Crippen molar-refractivity contribution < 1.29 is 50.0 Å². The van der Waals surface area contributed by atoms with Crippen LogP contribution in [-0.4, -0.2) is 85.5 Å². The third-order valence-corrected chi connectivity index (χ3v) is 3.28. The summed E-state index contributed by atoms with van der Waals surface area (Å²) in [7, 11) is 0. The molecule has 1 heterocycles. The van der Waals surface area contributed by atoms with Gasteiger partial charge in [-0.05, 0) is 0 Å². The van der Waals surface area contributed by atoms with Crippen molar-refractivity contribution in [1.29, 1.82) is 0 Å². The van der Waals surface area contributed by atoms with E-state index in [1.54, 1.807) is 0 Å². The highest BCUT2D eigenvalue weighted by Crippen LogP contribution is 2.31. The van der Waals surface area contributed by atoms with Crippen molar-refractivity contribution in [2.75, 3.05) is 6.61 Å². The van der Waals surface area contributed by atoms with Crippen LogP contribution in [0.4, 0.5) is 0 Å². The van der Waals surface area contributed by atoms with Gasteiger partial charge < -0.3 is 35.6 Å². The number of ether oxygens (including phenoxy) is 1. The number of hydrogen-bond acceptors (Lipinski definition) is 10. The number of carbonyl (C=O) groups is 2.